The molecule has 0 spiro atoms. The topological polar surface area (TPSA) is 79.3 Å². The maximum atomic E-state index is 11.6. The Hall–Kier alpha value is -1.14. The molecule has 1 aliphatic carbocycles. The molecule has 0 aliphatic heterocycles. The van der Waals surface area contributed by atoms with Crippen LogP contribution in [0, 0.1) is 0 Å². The number of aliphatic hydroxyl groups excluding tert-OH is 1. The lowest BCUT2D eigenvalue weighted by molar-refractivity contribution is 0.116. The normalized spacial score (nSPS) is 24.8. The molecule has 0 amide bonds. The minimum Gasteiger partial charge on any atom is -0.391 e. The Balaban J connectivity index is 2.24. The molecule has 0 saturated heterocycles. The van der Waals surface area contributed by atoms with E-state index in [1.165, 1.54) is 6.07 Å². The van der Waals surface area contributed by atoms with Gasteiger partial charge in [0.1, 0.15) is 10.7 Å². The highest BCUT2D eigenvalue weighted by molar-refractivity contribution is 7.90. The third-order valence-electron chi connectivity index (χ3n) is 3.22. The third-order valence-corrected chi connectivity index (χ3v) is 4.35. The van der Waals surface area contributed by atoms with Crippen molar-refractivity contribution in [2.45, 2.75) is 42.7 Å². The maximum absolute atomic E-state index is 11.6. The molecule has 1 saturated carbocycles. The predicted molar refractivity (Wildman–Crippen MR) is 69.2 cm³/mol. The number of pyridine rings is 1. The van der Waals surface area contributed by atoms with Crippen LogP contribution in [0.4, 0.5) is 5.82 Å². The van der Waals surface area contributed by atoms with Crippen molar-refractivity contribution < 1.29 is 13.5 Å². The lowest BCUT2D eigenvalue weighted by atomic mass is 9.92. The number of sulfone groups is 1. The fourth-order valence-electron chi connectivity index (χ4n) is 2.25. The van der Waals surface area contributed by atoms with Crippen molar-refractivity contribution in [3.8, 4) is 0 Å². The van der Waals surface area contributed by atoms with Crippen LogP contribution in [0.15, 0.2) is 23.2 Å². The molecule has 0 radical (unpaired) electrons. The number of hydrogen-bond donors (Lipinski definition) is 2. The summed E-state index contributed by atoms with van der Waals surface area (Å²) in [7, 11) is -3.31. The molecule has 2 unspecified atom stereocenters. The maximum Gasteiger partial charge on any atom is 0.179 e. The molecule has 6 heteroatoms. The minimum absolute atomic E-state index is 0.117. The van der Waals surface area contributed by atoms with Crippen LogP contribution in [0.3, 0.4) is 0 Å². The molecule has 100 valence electrons. The summed E-state index contributed by atoms with van der Waals surface area (Å²) in [5.74, 6) is 0.339. The van der Waals surface area contributed by atoms with E-state index in [4.69, 9.17) is 0 Å². The van der Waals surface area contributed by atoms with Crippen molar-refractivity contribution >= 4 is 15.7 Å². The van der Waals surface area contributed by atoms with E-state index in [9.17, 15) is 13.5 Å². The quantitative estimate of drug-likeness (QED) is 0.862. The molecular weight excluding hydrogens is 252 g/mol. The van der Waals surface area contributed by atoms with Crippen LogP contribution in [-0.2, 0) is 9.84 Å². The molecule has 2 rings (SSSR count). The van der Waals surface area contributed by atoms with Gasteiger partial charge in [-0.1, -0.05) is 12.8 Å². The Bertz CT molecular complexity index is 516. The minimum atomic E-state index is -3.31. The molecule has 1 heterocycles. The second-order valence-corrected chi connectivity index (χ2v) is 6.71. The van der Waals surface area contributed by atoms with Crippen LogP contribution in [0.2, 0.25) is 0 Å². The first-order chi connectivity index (χ1) is 8.48. The molecular formula is C12H18N2O3S. The first-order valence-corrected chi connectivity index (χ1v) is 7.97. The standard InChI is InChI=1S/C12H18N2O3S/c1-18(16,17)11-7-4-8-13-12(11)14-9-5-2-3-6-10(9)15/h4,7-10,15H,2-3,5-6H2,1H3,(H,13,14). The van der Waals surface area contributed by atoms with E-state index in [0.29, 0.717) is 5.82 Å². The van der Waals surface area contributed by atoms with Crippen molar-refractivity contribution in [2.75, 3.05) is 11.6 Å². The van der Waals surface area contributed by atoms with Gasteiger partial charge in [-0.3, -0.25) is 0 Å². The SMILES string of the molecule is CS(=O)(=O)c1cccnc1NC1CCCCC1O. The van der Waals surface area contributed by atoms with Gasteiger partial charge in [0.25, 0.3) is 0 Å². The molecule has 1 fully saturated rings. The zero-order chi connectivity index (χ0) is 13.2. The van der Waals surface area contributed by atoms with Crippen LogP contribution in [-0.4, -0.2) is 36.9 Å². The van der Waals surface area contributed by atoms with E-state index in [1.807, 2.05) is 0 Å². The molecule has 0 bridgehead atoms. The molecule has 2 atom stereocenters. The number of nitrogens with zero attached hydrogens (tertiary/aromatic N) is 1. The average Bonchev–Trinajstić information content (AvgIpc) is 2.31. The van der Waals surface area contributed by atoms with Crippen molar-refractivity contribution in [1.29, 1.82) is 0 Å². The van der Waals surface area contributed by atoms with Gasteiger partial charge in [-0.25, -0.2) is 13.4 Å². The summed E-state index contributed by atoms with van der Waals surface area (Å²) in [6.45, 7) is 0. The summed E-state index contributed by atoms with van der Waals surface area (Å²) in [6, 6.07) is 3.01. The third kappa shape index (κ3) is 3.00. The molecule has 2 N–H and O–H groups in total. The number of aliphatic hydroxyl groups is 1. The molecule has 1 aliphatic rings. The van der Waals surface area contributed by atoms with Gasteiger partial charge in [-0.05, 0) is 25.0 Å². The first kappa shape index (κ1) is 13.3. The summed E-state index contributed by atoms with van der Waals surface area (Å²) in [4.78, 5) is 4.26. The zero-order valence-corrected chi connectivity index (χ0v) is 11.2. The number of rotatable bonds is 3. The van der Waals surface area contributed by atoms with Crippen molar-refractivity contribution in [2.24, 2.45) is 0 Å². The second-order valence-electron chi connectivity index (χ2n) is 4.72. The first-order valence-electron chi connectivity index (χ1n) is 6.08. The van der Waals surface area contributed by atoms with Crippen LogP contribution in [0.5, 0.6) is 0 Å². The van der Waals surface area contributed by atoms with Crippen LogP contribution in [0.25, 0.3) is 0 Å². The van der Waals surface area contributed by atoms with E-state index in [1.54, 1.807) is 12.3 Å². The fourth-order valence-corrected chi connectivity index (χ4v) is 3.04. The zero-order valence-electron chi connectivity index (χ0n) is 10.3. The van der Waals surface area contributed by atoms with Crippen LogP contribution in [0.1, 0.15) is 25.7 Å². The van der Waals surface area contributed by atoms with Gasteiger partial charge in [-0.15, -0.1) is 0 Å². The Kier molecular flexibility index (Phi) is 3.87. The van der Waals surface area contributed by atoms with Crippen LogP contribution < -0.4 is 5.32 Å². The molecule has 1 aromatic heterocycles. The number of hydrogen-bond acceptors (Lipinski definition) is 5. The van der Waals surface area contributed by atoms with Gasteiger partial charge in [0.2, 0.25) is 0 Å². The van der Waals surface area contributed by atoms with Gasteiger partial charge in [0.05, 0.1) is 12.1 Å². The summed E-state index contributed by atoms with van der Waals surface area (Å²) >= 11 is 0. The highest BCUT2D eigenvalue weighted by Crippen LogP contribution is 2.24. The molecule has 0 aromatic carbocycles. The van der Waals surface area contributed by atoms with Gasteiger partial charge >= 0.3 is 0 Å². The largest absolute Gasteiger partial charge is 0.391 e. The van der Waals surface area contributed by atoms with Crippen molar-refractivity contribution in [1.82, 2.24) is 4.98 Å². The van der Waals surface area contributed by atoms with Gasteiger partial charge < -0.3 is 10.4 Å². The van der Waals surface area contributed by atoms with Gasteiger partial charge in [-0.2, -0.15) is 0 Å². The van der Waals surface area contributed by atoms with Gasteiger partial charge in [0, 0.05) is 12.5 Å². The Morgan fingerprint density at radius 1 is 1.39 bits per heavy atom. The van der Waals surface area contributed by atoms with E-state index >= 15 is 0 Å². The monoisotopic (exact) mass is 270 g/mol. The van der Waals surface area contributed by atoms with Gasteiger partial charge in [0.15, 0.2) is 9.84 Å². The summed E-state index contributed by atoms with van der Waals surface area (Å²) in [5, 5.41) is 12.9. The van der Waals surface area contributed by atoms with Crippen molar-refractivity contribution in [3.05, 3.63) is 18.3 Å². The number of anilines is 1. The number of aromatic nitrogens is 1. The Labute approximate surface area is 107 Å². The molecule has 18 heavy (non-hydrogen) atoms. The molecule has 1 aromatic rings. The van der Waals surface area contributed by atoms with E-state index in [0.717, 1.165) is 31.9 Å². The average molecular weight is 270 g/mol. The van der Waals surface area contributed by atoms with Crippen LogP contribution >= 0.6 is 0 Å². The Morgan fingerprint density at radius 3 is 2.78 bits per heavy atom. The molecule has 5 nitrogen and oxygen atoms in total. The highest BCUT2D eigenvalue weighted by atomic mass is 32.2. The summed E-state index contributed by atoms with van der Waals surface area (Å²) in [5.41, 5.74) is 0. The van der Waals surface area contributed by atoms with E-state index in [-0.39, 0.29) is 10.9 Å². The van der Waals surface area contributed by atoms with Crippen molar-refractivity contribution in [3.63, 3.8) is 0 Å². The fraction of sp³-hybridized carbons (Fsp3) is 0.583. The number of nitrogens with one attached hydrogen (secondary N) is 1. The second kappa shape index (κ2) is 5.24. The lowest BCUT2D eigenvalue weighted by Crippen LogP contribution is -2.37. The Morgan fingerprint density at radius 2 is 2.11 bits per heavy atom. The smallest absolute Gasteiger partial charge is 0.179 e. The summed E-state index contributed by atoms with van der Waals surface area (Å²) in [6.07, 6.45) is 5.91. The van der Waals surface area contributed by atoms with E-state index in [2.05, 4.69) is 10.3 Å². The lowest BCUT2D eigenvalue weighted by Gasteiger charge is -2.29. The summed E-state index contributed by atoms with van der Waals surface area (Å²) < 4.78 is 23.3. The predicted octanol–water partition coefficient (Wildman–Crippen LogP) is 1.20. The highest BCUT2D eigenvalue weighted by Gasteiger charge is 2.25. The van der Waals surface area contributed by atoms with E-state index < -0.39 is 15.9 Å².